The second-order valence-electron chi connectivity index (χ2n) is 6.41. The van der Waals surface area contributed by atoms with E-state index in [0.717, 1.165) is 25.7 Å². The molecule has 0 aromatic rings. The number of imide groups is 1. The molecule has 0 spiro atoms. The van der Waals surface area contributed by atoms with E-state index in [0.29, 0.717) is 25.9 Å². The second kappa shape index (κ2) is 5.75. The number of carboxylic acid groups (broad SMARTS) is 1. The molecule has 1 saturated carbocycles. The Morgan fingerprint density at radius 2 is 1.67 bits per heavy atom. The third kappa shape index (κ3) is 2.69. The molecule has 1 aliphatic carbocycles. The van der Waals surface area contributed by atoms with E-state index in [-0.39, 0.29) is 36.2 Å². The smallest absolute Gasteiger partial charge is 0.306 e. The normalized spacial score (nSPS) is 29.5. The minimum atomic E-state index is -0.754. The first-order valence-electron chi connectivity index (χ1n) is 7.90. The largest absolute Gasteiger partial charge is 0.481 e. The first-order valence-corrected chi connectivity index (χ1v) is 7.90. The average Bonchev–Trinajstić information content (AvgIpc) is 3.07. The van der Waals surface area contributed by atoms with E-state index in [1.165, 1.54) is 4.90 Å². The number of carbonyl (C=O) groups is 3. The van der Waals surface area contributed by atoms with Crippen LogP contribution in [0, 0.1) is 5.92 Å². The molecule has 2 aliphatic heterocycles. The molecular formula is C15H22N2O4. The topological polar surface area (TPSA) is 77.9 Å². The number of hydrogen-bond donors (Lipinski definition) is 1. The molecule has 0 radical (unpaired) electrons. The van der Waals surface area contributed by atoms with E-state index in [2.05, 4.69) is 0 Å². The Labute approximate surface area is 124 Å². The van der Waals surface area contributed by atoms with E-state index in [1.807, 2.05) is 4.90 Å². The Kier molecular flexibility index (Phi) is 3.97. The lowest BCUT2D eigenvalue weighted by atomic mass is 9.95. The predicted octanol–water partition coefficient (Wildman–Crippen LogP) is 0.853. The van der Waals surface area contributed by atoms with Crippen LogP contribution in [0.3, 0.4) is 0 Å². The summed E-state index contributed by atoms with van der Waals surface area (Å²) < 4.78 is 0. The van der Waals surface area contributed by atoms with Crippen molar-refractivity contribution in [2.75, 3.05) is 13.1 Å². The molecular weight excluding hydrogens is 272 g/mol. The maximum atomic E-state index is 12.6. The number of nitrogens with zero attached hydrogens (tertiary/aromatic N) is 2. The van der Waals surface area contributed by atoms with E-state index in [4.69, 9.17) is 5.11 Å². The lowest BCUT2D eigenvalue weighted by molar-refractivity contribution is -0.143. The van der Waals surface area contributed by atoms with Crippen LogP contribution in [0.1, 0.15) is 44.9 Å². The number of rotatable bonds is 3. The number of carbonyl (C=O) groups excluding carboxylic acids is 2. The summed E-state index contributed by atoms with van der Waals surface area (Å²) in [4.78, 5) is 39.2. The highest BCUT2D eigenvalue weighted by molar-refractivity contribution is 6.05. The monoisotopic (exact) mass is 294 g/mol. The van der Waals surface area contributed by atoms with Crippen LogP contribution in [-0.4, -0.2) is 57.9 Å². The van der Waals surface area contributed by atoms with Gasteiger partial charge in [-0.15, -0.1) is 0 Å². The number of carboxylic acids is 1. The van der Waals surface area contributed by atoms with Crippen LogP contribution in [0.25, 0.3) is 0 Å². The van der Waals surface area contributed by atoms with Crippen LogP contribution in [0.5, 0.6) is 0 Å². The molecule has 116 valence electrons. The zero-order valence-electron chi connectivity index (χ0n) is 12.2. The van der Waals surface area contributed by atoms with Gasteiger partial charge in [-0.3, -0.25) is 24.2 Å². The highest BCUT2D eigenvalue weighted by Gasteiger charge is 2.46. The standard InChI is InChI=1S/C15H22N2O4/c18-13-9-12(14(19)17(13)11-3-1-2-4-11)16-7-5-10(6-8-16)15(20)21/h10-12H,1-9H2,(H,20,21). The van der Waals surface area contributed by atoms with Gasteiger partial charge < -0.3 is 5.11 Å². The van der Waals surface area contributed by atoms with E-state index >= 15 is 0 Å². The lowest BCUT2D eigenvalue weighted by Crippen LogP contribution is -2.48. The minimum absolute atomic E-state index is 0.0442. The summed E-state index contributed by atoms with van der Waals surface area (Å²) in [6, 6.07) is -0.251. The molecule has 3 aliphatic rings. The maximum absolute atomic E-state index is 12.6. The molecule has 2 amide bonds. The summed E-state index contributed by atoms with van der Waals surface area (Å²) in [5.74, 6) is -1.16. The minimum Gasteiger partial charge on any atom is -0.481 e. The maximum Gasteiger partial charge on any atom is 0.306 e. The summed E-state index contributed by atoms with van der Waals surface area (Å²) in [6.07, 6.45) is 5.46. The Balaban J connectivity index is 1.63. The van der Waals surface area contributed by atoms with Gasteiger partial charge >= 0.3 is 5.97 Å². The highest BCUT2D eigenvalue weighted by atomic mass is 16.4. The van der Waals surface area contributed by atoms with Gasteiger partial charge in [0.05, 0.1) is 18.4 Å². The van der Waals surface area contributed by atoms with Crippen molar-refractivity contribution in [1.82, 2.24) is 9.80 Å². The van der Waals surface area contributed by atoms with Gasteiger partial charge in [0, 0.05) is 6.04 Å². The van der Waals surface area contributed by atoms with E-state index in [1.54, 1.807) is 0 Å². The molecule has 3 fully saturated rings. The van der Waals surface area contributed by atoms with Gasteiger partial charge in [0.15, 0.2) is 0 Å². The third-order valence-electron chi connectivity index (χ3n) is 5.17. The fraction of sp³-hybridized carbons (Fsp3) is 0.800. The van der Waals surface area contributed by atoms with Crippen molar-refractivity contribution in [3.8, 4) is 0 Å². The summed E-state index contributed by atoms with van der Waals surface area (Å²) in [5, 5.41) is 9.02. The molecule has 2 heterocycles. The molecule has 0 bridgehead atoms. The van der Waals surface area contributed by atoms with Crippen molar-refractivity contribution >= 4 is 17.8 Å². The van der Waals surface area contributed by atoms with Crippen molar-refractivity contribution in [3.05, 3.63) is 0 Å². The van der Waals surface area contributed by atoms with Crippen LogP contribution in [0.2, 0.25) is 0 Å². The molecule has 1 atom stereocenters. The van der Waals surface area contributed by atoms with Gasteiger partial charge in [0.25, 0.3) is 0 Å². The Hall–Kier alpha value is -1.43. The zero-order valence-corrected chi connectivity index (χ0v) is 12.2. The van der Waals surface area contributed by atoms with Crippen LogP contribution in [-0.2, 0) is 14.4 Å². The second-order valence-corrected chi connectivity index (χ2v) is 6.41. The molecule has 2 saturated heterocycles. The first-order chi connectivity index (χ1) is 10.1. The highest BCUT2D eigenvalue weighted by Crippen LogP contribution is 2.31. The molecule has 6 nitrogen and oxygen atoms in total. The fourth-order valence-electron chi connectivity index (χ4n) is 3.92. The predicted molar refractivity (Wildman–Crippen MR) is 74.4 cm³/mol. The van der Waals surface area contributed by atoms with Crippen molar-refractivity contribution in [2.45, 2.75) is 57.0 Å². The third-order valence-corrected chi connectivity index (χ3v) is 5.17. The Morgan fingerprint density at radius 1 is 1.05 bits per heavy atom. The molecule has 3 rings (SSSR count). The van der Waals surface area contributed by atoms with Gasteiger partial charge in [-0.05, 0) is 38.8 Å². The molecule has 6 heteroatoms. The summed E-state index contributed by atoms with van der Waals surface area (Å²) in [5.41, 5.74) is 0. The molecule has 21 heavy (non-hydrogen) atoms. The molecule has 0 aromatic heterocycles. The summed E-state index contributed by atoms with van der Waals surface area (Å²) >= 11 is 0. The average molecular weight is 294 g/mol. The Morgan fingerprint density at radius 3 is 2.24 bits per heavy atom. The van der Waals surface area contributed by atoms with Gasteiger partial charge in [-0.1, -0.05) is 12.8 Å². The summed E-state index contributed by atoms with van der Waals surface area (Å²) in [6.45, 7) is 1.19. The lowest BCUT2D eigenvalue weighted by Gasteiger charge is -2.33. The van der Waals surface area contributed by atoms with Crippen molar-refractivity contribution in [2.24, 2.45) is 5.92 Å². The molecule has 1 unspecified atom stereocenters. The number of likely N-dealkylation sites (tertiary alicyclic amines) is 2. The first kappa shape index (κ1) is 14.5. The van der Waals surface area contributed by atoms with Gasteiger partial charge in [-0.2, -0.15) is 0 Å². The number of amides is 2. The quantitative estimate of drug-likeness (QED) is 0.781. The molecule has 1 N–H and O–H groups in total. The number of piperidine rings is 1. The summed E-state index contributed by atoms with van der Waals surface area (Å²) in [7, 11) is 0. The van der Waals surface area contributed by atoms with Gasteiger partial charge in [-0.25, -0.2) is 0 Å². The van der Waals surface area contributed by atoms with Crippen LogP contribution in [0.15, 0.2) is 0 Å². The fourth-order valence-corrected chi connectivity index (χ4v) is 3.92. The number of aliphatic carboxylic acids is 1. The van der Waals surface area contributed by atoms with E-state index in [9.17, 15) is 14.4 Å². The van der Waals surface area contributed by atoms with Crippen LogP contribution >= 0.6 is 0 Å². The molecule has 0 aromatic carbocycles. The van der Waals surface area contributed by atoms with Crippen LogP contribution < -0.4 is 0 Å². The number of hydrogen-bond acceptors (Lipinski definition) is 4. The van der Waals surface area contributed by atoms with Crippen molar-refractivity contribution < 1.29 is 19.5 Å². The van der Waals surface area contributed by atoms with E-state index < -0.39 is 5.97 Å². The van der Waals surface area contributed by atoms with Crippen molar-refractivity contribution in [1.29, 1.82) is 0 Å². The van der Waals surface area contributed by atoms with Gasteiger partial charge in [0.2, 0.25) is 11.8 Å². The SMILES string of the molecule is O=C(O)C1CCN(C2CC(=O)N(C3CCCC3)C2=O)CC1. The van der Waals surface area contributed by atoms with Crippen LogP contribution in [0.4, 0.5) is 0 Å². The Bertz CT molecular complexity index is 451. The zero-order chi connectivity index (χ0) is 15.0. The van der Waals surface area contributed by atoms with Gasteiger partial charge in [0.1, 0.15) is 0 Å². The van der Waals surface area contributed by atoms with Crippen molar-refractivity contribution in [3.63, 3.8) is 0 Å².